The highest BCUT2D eigenvalue weighted by Gasteiger charge is 2.32. The van der Waals surface area contributed by atoms with Gasteiger partial charge in [0.15, 0.2) is 0 Å². The third-order valence-electron chi connectivity index (χ3n) is 4.83. The van der Waals surface area contributed by atoms with Crippen LogP contribution in [0.1, 0.15) is 21.7 Å². The van der Waals surface area contributed by atoms with Crippen molar-refractivity contribution >= 4 is 22.9 Å². The SMILES string of the molecule is COc1ccc(C2=CCN(c3ncn(Cc4ccc(C(F)(F)F)s4)c(=O)n3)CC2)cn1. The molecule has 31 heavy (non-hydrogen) atoms. The number of anilines is 1. The molecule has 0 aliphatic carbocycles. The molecule has 162 valence electrons. The van der Waals surface area contributed by atoms with Gasteiger partial charge in [-0.2, -0.15) is 18.2 Å². The van der Waals surface area contributed by atoms with Crippen LogP contribution >= 0.6 is 11.3 Å². The zero-order valence-electron chi connectivity index (χ0n) is 16.5. The molecule has 0 unspecified atom stereocenters. The first-order valence-electron chi connectivity index (χ1n) is 9.37. The van der Waals surface area contributed by atoms with E-state index in [4.69, 9.17) is 4.74 Å². The fraction of sp³-hybridized carbons (Fsp3) is 0.300. The van der Waals surface area contributed by atoms with Crippen molar-refractivity contribution < 1.29 is 17.9 Å². The minimum atomic E-state index is -4.39. The standard InChI is InChI=1S/C20H18F3N5O2S/c1-30-17-5-2-14(10-24-17)13-6-8-27(9-7-13)18-25-12-28(19(29)26-18)11-15-3-4-16(31-15)20(21,22)23/h2-6,10,12H,7-9,11H2,1H3. The van der Waals surface area contributed by atoms with Crippen molar-refractivity contribution in [2.45, 2.75) is 19.1 Å². The van der Waals surface area contributed by atoms with Crippen molar-refractivity contribution in [3.05, 3.63) is 68.7 Å². The number of aromatic nitrogens is 4. The Hall–Kier alpha value is -3.21. The van der Waals surface area contributed by atoms with Gasteiger partial charge in [0.2, 0.25) is 11.8 Å². The smallest absolute Gasteiger partial charge is 0.425 e. The molecule has 0 radical (unpaired) electrons. The van der Waals surface area contributed by atoms with Crippen LogP contribution in [0.15, 0.2) is 47.7 Å². The predicted octanol–water partition coefficient (Wildman–Crippen LogP) is 3.46. The second-order valence-electron chi connectivity index (χ2n) is 6.85. The molecule has 7 nitrogen and oxygen atoms in total. The van der Waals surface area contributed by atoms with E-state index < -0.39 is 16.7 Å². The third kappa shape index (κ3) is 4.76. The number of ether oxygens (including phenoxy) is 1. The second-order valence-corrected chi connectivity index (χ2v) is 8.01. The number of pyridine rings is 1. The molecule has 0 saturated carbocycles. The van der Waals surface area contributed by atoms with Gasteiger partial charge < -0.3 is 9.64 Å². The van der Waals surface area contributed by atoms with Gasteiger partial charge in [-0.15, -0.1) is 11.3 Å². The number of alkyl halides is 3. The van der Waals surface area contributed by atoms with E-state index in [1.54, 1.807) is 19.4 Å². The molecule has 1 aliphatic rings. The number of nitrogens with zero attached hydrogens (tertiary/aromatic N) is 5. The maximum absolute atomic E-state index is 12.7. The van der Waals surface area contributed by atoms with Gasteiger partial charge in [-0.1, -0.05) is 6.08 Å². The molecular formula is C20H18F3N5O2S. The van der Waals surface area contributed by atoms with E-state index in [0.717, 1.165) is 23.6 Å². The van der Waals surface area contributed by atoms with E-state index in [1.165, 1.54) is 17.0 Å². The Bertz CT molecular complexity index is 1150. The van der Waals surface area contributed by atoms with E-state index in [-0.39, 0.29) is 6.54 Å². The summed E-state index contributed by atoms with van der Waals surface area (Å²) < 4.78 is 44.5. The fourth-order valence-electron chi connectivity index (χ4n) is 3.20. The van der Waals surface area contributed by atoms with Crippen molar-refractivity contribution in [1.82, 2.24) is 19.5 Å². The summed E-state index contributed by atoms with van der Waals surface area (Å²) in [7, 11) is 1.56. The first-order valence-corrected chi connectivity index (χ1v) is 10.2. The van der Waals surface area contributed by atoms with E-state index in [0.29, 0.717) is 41.1 Å². The van der Waals surface area contributed by atoms with Crippen LogP contribution in [0.25, 0.3) is 5.57 Å². The van der Waals surface area contributed by atoms with Crippen LogP contribution < -0.4 is 15.3 Å². The molecule has 0 N–H and O–H groups in total. The summed E-state index contributed by atoms with van der Waals surface area (Å²) in [6.07, 6.45) is 1.45. The summed E-state index contributed by atoms with van der Waals surface area (Å²) in [4.78, 5) is 26.4. The maximum atomic E-state index is 12.7. The van der Waals surface area contributed by atoms with Gasteiger partial charge in [0.1, 0.15) is 11.2 Å². The van der Waals surface area contributed by atoms with E-state index in [9.17, 15) is 18.0 Å². The molecule has 0 aromatic carbocycles. The number of rotatable bonds is 5. The van der Waals surface area contributed by atoms with Gasteiger partial charge in [0, 0.05) is 30.2 Å². The van der Waals surface area contributed by atoms with Crippen molar-refractivity contribution in [1.29, 1.82) is 0 Å². The summed E-state index contributed by atoms with van der Waals surface area (Å²) >= 11 is 0.605. The largest absolute Gasteiger partial charge is 0.481 e. The Morgan fingerprint density at radius 3 is 2.61 bits per heavy atom. The zero-order chi connectivity index (χ0) is 22.0. The van der Waals surface area contributed by atoms with Crippen LogP contribution in [-0.4, -0.2) is 39.7 Å². The van der Waals surface area contributed by atoms with Crippen LogP contribution in [0, 0.1) is 0 Å². The summed E-state index contributed by atoms with van der Waals surface area (Å²) in [5.74, 6) is 0.847. The van der Waals surface area contributed by atoms with Gasteiger partial charge in [0.25, 0.3) is 0 Å². The average molecular weight is 449 g/mol. The number of halogens is 3. The Labute approximate surface area is 179 Å². The Morgan fingerprint density at radius 1 is 1.19 bits per heavy atom. The van der Waals surface area contributed by atoms with Crippen LogP contribution in [0.2, 0.25) is 0 Å². The highest BCUT2D eigenvalue weighted by atomic mass is 32.1. The van der Waals surface area contributed by atoms with Crippen molar-refractivity contribution in [2.75, 3.05) is 25.1 Å². The average Bonchev–Trinajstić information content (AvgIpc) is 3.25. The summed E-state index contributed by atoms with van der Waals surface area (Å²) in [6.45, 7) is 1.15. The molecule has 3 aromatic heterocycles. The van der Waals surface area contributed by atoms with E-state index in [2.05, 4.69) is 15.0 Å². The molecule has 4 heterocycles. The number of methoxy groups -OCH3 is 1. The molecule has 0 bridgehead atoms. The van der Waals surface area contributed by atoms with Gasteiger partial charge in [-0.05, 0) is 35.8 Å². The highest BCUT2D eigenvalue weighted by molar-refractivity contribution is 7.12. The Kier molecular flexibility index (Phi) is 5.77. The zero-order valence-corrected chi connectivity index (χ0v) is 17.3. The lowest BCUT2D eigenvalue weighted by atomic mass is 10.0. The van der Waals surface area contributed by atoms with Crippen molar-refractivity contribution in [3.8, 4) is 5.88 Å². The predicted molar refractivity (Wildman–Crippen MR) is 110 cm³/mol. The van der Waals surface area contributed by atoms with Gasteiger partial charge in [0.05, 0.1) is 13.7 Å². The van der Waals surface area contributed by atoms with Crippen LogP contribution in [0.3, 0.4) is 0 Å². The lowest BCUT2D eigenvalue weighted by Crippen LogP contribution is -2.33. The molecule has 4 rings (SSSR count). The second kappa shape index (κ2) is 8.50. The van der Waals surface area contributed by atoms with E-state index >= 15 is 0 Å². The lowest BCUT2D eigenvalue weighted by molar-refractivity contribution is -0.134. The first kappa shape index (κ1) is 21.0. The Morgan fingerprint density at radius 2 is 2.03 bits per heavy atom. The normalized spacial score (nSPS) is 14.5. The fourth-order valence-corrected chi connectivity index (χ4v) is 4.07. The first-order chi connectivity index (χ1) is 14.8. The lowest BCUT2D eigenvalue weighted by Gasteiger charge is -2.26. The quantitative estimate of drug-likeness (QED) is 0.594. The molecule has 11 heteroatoms. The summed E-state index contributed by atoms with van der Waals surface area (Å²) in [5, 5.41) is 0. The molecule has 1 aliphatic heterocycles. The third-order valence-corrected chi connectivity index (χ3v) is 5.94. The molecular weight excluding hydrogens is 431 g/mol. The molecule has 0 fully saturated rings. The topological polar surface area (TPSA) is 73.1 Å². The van der Waals surface area contributed by atoms with E-state index in [1.807, 2.05) is 17.0 Å². The minimum absolute atomic E-state index is 0.00557. The molecule has 0 amide bonds. The Balaban J connectivity index is 1.44. The maximum Gasteiger partial charge on any atom is 0.425 e. The molecule has 3 aromatic rings. The van der Waals surface area contributed by atoms with Gasteiger partial charge in [-0.3, -0.25) is 4.57 Å². The summed E-state index contributed by atoms with van der Waals surface area (Å²) in [6, 6.07) is 6.12. The summed E-state index contributed by atoms with van der Waals surface area (Å²) in [5.41, 5.74) is 1.59. The monoisotopic (exact) mass is 449 g/mol. The minimum Gasteiger partial charge on any atom is -0.481 e. The highest BCUT2D eigenvalue weighted by Crippen LogP contribution is 2.34. The van der Waals surface area contributed by atoms with Gasteiger partial charge in [-0.25, -0.2) is 14.8 Å². The number of thiophene rings is 1. The van der Waals surface area contributed by atoms with Crippen LogP contribution in [0.4, 0.5) is 19.1 Å². The molecule has 0 saturated heterocycles. The number of hydrogen-bond acceptors (Lipinski definition) is 7. The van der Waals surface area contributed by atoms with Crippen LogP contribution in [0.5, 0.6) is 5.88 Å². The molecule has 0 atom stereocenters. The van der Waals surface area contributed by atoms with Crippen molar-refractivity contribution in [2.24, 2.45) is 0 Å². The van der Waals surface area contributed by atoms with Crippen molar-refractivity contribution in [3.63, 3.8) is 0 Å². The van der Waals surface area contributed by atoms with Gasteiger partial charge >= 0.3 is 11.9 Å². The van der Waals surface area contributed by atoms with Crippen LogP contribution in [-0.2, 0) is 12.7 Å². The molecule has 0 spiro atoms. The number of hydrogen-bond donors (Lipinski definition) is 0.